The van der Waals surface area contributed by atoms with E-state index in [4.69, 9.17) is 5.11 Å². The number of hydrogen-bond acceptors (Lipinski definition) is 6. The topological polar surface area (TPSA) is 135 Å². The molecule has 0 aliphatic carbocycles. The SMILES string of the molecule is O=C(Nc1ccc([N+](=O)[O-])cc1C(=O)O)c1cncnc1. The van der Waals surface area contributed by atoms with Crippen molar-refractivity contribution in [3.8, 4) is 0 Å². The molecule has 0 spiro atoms. The number of nitrogens with zero attached hydrogens (tertiary/aromatic N) is 3. The zero-order valence-electron chi connectivity index (χ0n) is 10.4. The minimum Gasteiger partial charge on any atom is -0.478 e. The molecule has 0 aliphatic rings. The third-order valence-corrected chi connectivity index (χ3v) is 2.52. The van der Waals surface area contributed by atoms with Gasteiger partial charge in [0.05, 0.1) is 21.7 Å². The number of non-ortho nitro benzene ring substituents is 1. The Balaban J connectivity index is 2.34. The van der Waals surface area contributed by atoms with Crippen LogP contribution in [0.2, 0.25) is 0 Å². The Bertz CT molecular complexity index is 717. The third kappa shape index (κ3) is 3.15. The van der Waals surface area contributed by atoms with Crippen molar-refractivity contribution in [2.24, 2.45) is 0 Å². The summed E-state index contributed by atoms with van der Waals surface area (Å²) >= 11 is 0. The zero-order valence-corrected chi connectivity index (χ0v) is 10.4. The molecule has 9 heteroatoms. The van der Waals surface area contributed by atoms with E-state index in [9.17, 15) is 19.7 Å². The fourth-order valence-electron chi connectivity index (χ4n) is 1.54. The van der Waals surface area contributed by atoms with Crippen LogP contribution < -0.4 is 5.32 Å². The van der Waals surface area contributed by atoms with Crippen LogP contribution in [0.15, 0.2) is 36.9 Å². The van der Waals surface area contributed by atoms with Gasteiger partial charge in [0.2, 0.25) is 0 Å². The standard InChI is InChI=1S/C12H8N4O5/c17-11(7-4-13-6-14-5-7)15-10-2-1-8(16(20)21)3-9(10)12(18)19/h1-6H,(H,15,17)(H,18,19). The van der Waals surface area contributed by atoms with Gasteiger partial charge in [0.15, 0.2) is 0 Å². The Morgan fingerprint density at radius 3 is 2.48 bits per heavy atom. The second-order valence-corrected chi connectivity index (χ2v) is 3.87. The van der Waals surface area contributed by atoms with Gasteiger partial charge < -0.3 is 10.4 Å². The lowest BCUT2D eigenvalue weighted by Crippen LogP contribution is -2.15. The average molecular weight is 288 g/mol. The third-order valence-electron chi connectivity index (χ3n) is 2.52. The Hall–Kier alpha value is -3.36. The number of rotatable bonds is 4. The normalized spacial score (nSPS) is 9.90. The summed E-state index contributed by atoms with van der Waals surface area (Å²) < 4.78 is 0. The van der Waals surface area contributed by atoms with Gasteiger partial charge in [-0.1, -0.05) is 0 Å². The molecule has 0 fully saturated rings. The number of amides is 1. The van der Waals surface area contributed by atoms with Crippen LogP contribution in [0.1, 0.15) is 20.7 Å². The molecule has 2 rings (SSSR count). The van der Waals surface area contributed by atoms with Gasteiger partial charge in [-0.3, -0.25) is 14.9 Å². The second-order valence-electron chi connectivity index (χ2n) is 3.87. The summed E-state index contributed by atoms with van der Waals surface area (Å²) in [6.45, 7) is 0. The maximum Gasteiger partial charge on any atom is 0.338 e. The van der Waals surface area contributed by atoms with E-state index in [0.29, 0.717) is 0 Å². The van der Waals surface area contributed by atoms with Gasteiger partial charge in [-0.25, -0.2) is 14.8 Å². The molecule has 1 amide bonds. The fraction of sp³-hybridized carbons (Fsp3) is 0. The number of nitro groups is 1. The number of carboxylic acids is 1. The molecule has 106 valence electrons. The number of nitro benzene ring substituents is 1. The van der Waals surface area contributed by atoms with E-state index in [1.165, 1.54) is 18.7 Å². The number of hydrogen-bond donors (Lipinski definition) is 2. The number of aromatic nitrogens is 2. The smallest absolute Gasteiger partial charge is 0.338 e. The maximum atomic E-state index is 11.9. The van der Waals surface area contributed by atoms with Crippen LogP contribution in [0.3, 0.4) is 0 Å². The fourth-order valence-corrected chi connectivity index (χ4v) is 1.54. The summed E-state index contributed by atoms with van der Waals surface area (Å²) in [4.78, 5) is 40.3. The maximum absolute atomic E-state index is 11.9. The zero-order chi connectivity index (χ0) is 15.4. The Morgan fingerprint density at radius 2 is 1.90 bits per heavy atom. The molecule has 2 aromatic rings. The van der Waals surface area contributed by atoms with E-state index in [-0.39, 0.29) is 22.5 Å². The number of carbonyl (C=O) groups is 2. The van der Waals surface area contributed by atoms with Crippen LogP contribution in [0.4, 0.5) is 11.4 Å². The highest BCUT2D eigenvalue weighted by atomic mass is 16.6. The lowest BCUT2D eigenvalue weighted by Gasteiger charge is -2.07. The first kappa shape index (κ1) is 14.1. The van der Waals surface area contributed by atoms with E-state index in [1.807, 2.05) is 0 Å². The summed E-state index contributed by atoms with van der Waals surface area (Å²) in [7, 11) is 0. The van der Waals surface area contributed by atoms with E-state index in [2.05, 4.69) is 15.3 Å². The number of anilines is 1. The molecule has 0 unspecified atom stereocenters. The summed E-state index contributed by atoms with van der Waals surface area (Å²) in [5.41, 5.74) is -0.683. The van der Waals surface area contributed by atoms with Crippen molar-refractivity contribution < 1.29 is 19.6 Å². The van der Waals surface area contributed by atoms with Crippen molar-refractivity contribution in [2.45, 2.75) is 0 Å². The van der Waals surface area contributed by atoms with Crippen LogP contribution in [-0.2, 0) is 0 Å². The number of aromatic carboxylic acids is 1. The van der Waals surface area contributed by atoms with E-state index in [1.54, 1.807) is 0 Å². The molecule has 9 nitrogen and oxygen atoms in total. The quantitative estimate of drug-likeness (QED) is 0.639. The van der Waals surface area contributed by atoms with Crippen molar-refractivity contribution in [2.75, 3.05) is 5.32 Å². The summed E-state index contributed by atoms with van der Waals surface area (Å²) in [5.74, 6) is -2.01. The van der Waals surface area contributed by atoms with Gasteiger partial charge in [0.25, 0.3) is 11.6 Å². The van der Waals surface area contributed by atoms with Crippen LogP contribution in [0, 0.1) is 10.1 Å². The number of benzene rings is 1. The van der Waals surface area contributed by atoms with Gasteiger partial charge in [-0.2, -0.15) is 0 Å². The lowest BCUT2D eigenvalue weighted by atomic mass is 10.1. The molecule has 1 aromatic carbocycles. The molecular formula is C12H8N4O5. The average Bonchev–Trinajstić information content (AvgIpc) is 2.48. The minimum absolute atomic E-state index is 0.0537. The number of carbonyl (C=O) groups excluding carboxylic acids is 1. The molecule has 0 radical (unpaired) electrons. The van der Waals surface area contributed by atoms with Crippen LogP contribution >= 0.6 is 0 Å². The monoisotopic (exact) mass is 288 g/mol. The number of carboxylic acid groups (broad SMARTS) is 1. The highest BCUT2D eigenvalue weighted by molar-refractivity contribution is 6.07. The lowest BCUT2D eigenvalue weighted by molar-refractivity contribution is -0.384. The van der Waals surface area contributed by atoms with Gasteiger partial charge in [-0.15, -0.1) is 0 Å². The first-order valence-electron chi connectivity index (χ1n) is 5.57. The Kier molecular flexibility index (Phi) is 3.84. The van der Waals surface area contributed by atoms with Crippen molar-refractivity contribution in [1.29, 1.82) is 0 Å². The molecular weight excluding hydrogens is 280 g/mol. The molecule has 21 heavy (non-hydrogen) atoms. The molecule has 0 atom stereocenters. The van der Waals surface area contributed by atoms with Crippen LogP contribution in [0.25, 0.3) is 0 Å². The first-order valence-corrected chi connectivity index (χ1v) is 5.57. The Morgan fingerprint density at radius 1 is 1.24 bits per heavy atom. The summed E-state index contributed by atoms with van der Waals surface area (Å²) in [6.07, 6.45) is 3.76. The second kappa shape index (κ2) is 5.74. The van der Waals surface area contributed by atoms with E-state index < -0.39 is 16.8 Å². The Labute approximate surface area is 117 Å². The van der Waals surface area contributed by atoms with Crippen LogP contribution in [0.5, 0.6) is 0 Å². The van der Waals surface area contributed by atoms with Gasteiger partial charge in [-0.05, 0) is 6.07 Å². The minimum atomic E-state index is -1.39. The van der Waals surface area contributed by atoms with Crippen LogP contribution in [-0.4, -0.2) is 31.9 Å². The largest absolute Gasteiger partial charge is 0.478 e. The molecule has 1 heterocycles. The predicted molar refractivity (Wildman–Crippen MR) is 70.0 cm³/mol. The van der Waals surface area contributed by atoms with Crippen molar-refractivity contribution in [3.05, 3.63) is 58.2 Å². The van der Waals surface area contributed by atoms with E-state index >= 15 is 0 Å². The molecule has 0 aliphatic heterocycles. The number of nitrogens with one attached hydrogen (secondary N) is 1. The molecule has 0 saturated heterocycles. The van der Waals surface area contributed by atoms with E-state index in [0.717, 1.165) is 18.2 Å². The molecule has 0 saturated carbocycles. The molecule has 1 aromatic heterocycles. The van der Waals surface area contributed by atoms with Crippen molar-refractivity contribution in [3.63, 3.8) is 0 Å². The highest BCUT2D eigenvalue weighted by Crippen LogP contribution is 2.22. The highest BCUT2D eigenvalue weighted by Gasteiger charge is 2.18. The summed E-state index contributed by atoms with van der Waals surface area (Å²) in [5, 5.41) is 22.0. The predicted octanol–water partition coefficient (Wildman–Crippen LogP) is 1.34. The van der Waals surface area contributed by atoms with Gasteiger partial charge in [0.1, 0.15) is 6.33 Å². The summed E-state index contributed by atoms with van der Waals surface area (Å²) in [6, 6.07) is 3.13. The molecule has 2 N–H and O–H groups in total. The van der Waals surface area contributed by atoms with Crippen molar-refractivity contribution in [1.82, 2.24) is 9.97 Å². The van der Waals surface area contributed by atoms with Gasteiger partial charge >= 0.3 is 5.97 Å². The van der Waals surface area contributed by atoms with Gasteiger partial charge in [0, 0.05) is 24.5 Å². The van der Waals surface area contributed by atoms with Crippen molar-refractivity contribution >= 4 is 23.3 Å². The molecule has 0 bridgehead atoms. The first-order chi connectivity index (χ1) is 9.99.